The van der Waals surface area contributed by atoms with E-state index in [1.165, 1.54) is 26.0 Å². The molecule has 4 N–H and O–H groups in total. The van der Waals surface area contributed by atoms with E-state index in [-0.39, 0.29) is 11.3 Å². The molecule has 8 heteroatoms. The number of alkyl halides is 3. The number of ether oxygens (including phenoxy) is 1. The van der Waals surface area contributed by atoms with Gasteiger partial charge >= 0.3 is 6.18 Å². The molecule has 0 aliphatic carbocycles. The smallest absolute Gasteiger partial charge is 0.425 e. The van der Waals surface area contributed by atoms with Crippen molar-refractivity contribution in [1.82, 2.24) is 0 Å². The molecular formula is C13H15F4N3O. The molecule has 21 heavy (non-hydrogen) atoms. The van der Waals surface area contributed by atoms with Crippen molar-refractivity contribution in [3.8, 4) is 0 Å². The molecule has 0 bridgehead atoms. The van der Waals surface area contributed by atoms with Gasteiger partial charge in [0.25, 0.3) is 6.02 Å². The number of anilines is 1. The number of hydrogen-bond acceptors (Lipinski definition) is 4. The Kier molecular flexibility index (Phi) is 3.51. The molecule has 1 aromatic carbocycles. The lowest BCUT2D eigenvalue weighted by Crippen LogP contribution is -2.52. The highest BCUT2D eigenvalue weighted by Gasteiger charge is 2.55. The predicted molar refractivity (Wildman–Crippen MR) is 69.9 cm³/mol. The van der Waals surface area contributed by atoms with E-state index >= 15 is 0 Å². The van der Waals surface area contributed by atoms with Gasteiger partial charge in [0.05, 0.1) is 5.54 Å². The Bertz CT molecular complexity index is 587. The minimum atomic E-state index is -4.64. The van der Waals surface area contributed by atoms with Gasteiger partial charge in [0, 0.05) is 17.2 Å². The average Bonchev–Trinajstić information content (AvgIpc) is 2.35. The number of nitrogens with two attached hydrogens (primary N) is 2. The van der Waals surface area contributed by atoms with Gasteiger partial charge in [-0.15, -0.1) is 0 Å². The first-order valence-electron chi connectivity index (χ1n) is 6.20. The van der Waals surface area contributed by atoms with Crippen molar-refractivity contribution < 1.29 is 22.3 Å². The summed E-state index contributed by atoms with van der Waals surface area (Å²) in [7, 11) is 0. The van der Waals surface area contributed by atoms with Crippen molar-refractivity contribution in [1.29, 1.82) is 0 Å². The summed E-state index contributed by atoms with van der Waals surface area (Å²) in [5, 5.41) is 0. The summed E-state index contributed by atoms with van der Waals surface area (Å²) < 4.78 is 57.8. The lowest BCUT2D eigenvalue weighted by molar-refractivity contribution is -0.223. The molecule has 0 fully saturated rings. The van der Waals surface area contributed by atoms with Crippen molar-refractivity contribution in [3.63, 3.8) is 0 Å². The standard InChI is InChI=1S/C13H15F4N3O/c1-6-10(13(15,16)17)21-11(19)20-12(6,2)8-5-7(18)3-4-9(8)14/h3-6,10H,18H2,1-2H3,(H2,19,20)/t6-,10-,12-/m0/s1. The van der Waals surface area contributed by atoms with Crippen molar-refractivity contribution in [2.24, 2.45) is 16.6 Å². The number of benzene rings is 1. The summed E-state index contributed by atoms with van der Waals surface area (Å²) in [4.78, 5) is 3.91. The van der Waals surface area contributed by atoms with E-state index in [0.29, 0.717) is 0 Å². The fourth-order valence-corrected chi connectivity index (χ4v) is 2.47. The highest BCUT2D eigenvalue weighted by molar-refractivity contribution is 5.73. The number of amidine groups is 1. The Morgan fingerprint density at radius 2 is 1.90 bits per heavy atom. The first-order valence-corrected chi connectivity index (χ1v) is 6.20. The molecule has 3 atom stereocenters. The molecule has 0 saturated heterocycles. The first kappa shape index (κ1) is 15.4. The molecule has 2 rings (SSSR count). The van der Waals surface area contributed by atoms with Crippen LogP contribution in [0, 0.1) is 11.7 Å². The molecular weight excluding hydrogens is 290 g/mol. The van der Waals surface area contributed by atoms with Crippen LogP contribution in [0.4, 0.5) is 23.2 Å². The zero-order chi connectivity index (χ0) is 16.0. The maximum absolute atomic E-state index is 14.0. The quantitative estimate of drug-likeness (QED) is 0.618. The second-order valence-electron chi connectivity index (χ2n) is 5.21. The summed E-state index contributed by atoms with van der Waals surface area (Å²) in [6.45, 7) is 2.67. The molecule has 0 radical (unpaired) electrons. The van der Waals surface area contributed by atoms with Crippen molar-refractivity contribution in [3.05, 3.63) is 29.6 Å². The van der Waals surface area contributed by atoms with Gasteiger partial charge in [0.2, 0.25) is 6.10 Å². The molecule has 1 aliphatic rings. The molecule has 0 aromatic heterocycles. The largest absolute Gasteiger partial charge is 0.452 e. The predicted octanol–water partition coefficient (Wildman–Crippen LogP) is 2.54. The van der Waals surface area contributed by atoms with Crippen LogP contribution in [0.3, 0.4) is 0 Å². The highest BCUT2D eigenvalue weighted by atomic mass is 19.4. The van der Waals surface area contributed by atoms with E-state index in [4.69, 9.17) is 11.5 Å². The number of aliphatic imine (C=N–C) groups is 1. The maximum atomic E-state index is 14.0. The molecule has 116 valence electrons. The van der Waals surface area contributed by atoms with E-state index in [9.17, 15) is 17.6 Å². The van der Waals surface area contributed by atoms with Gasteiger partial charge in [0.1, 0.15) is 5.82 Å². The molecule has 4 nitrogen and oxygen atoms in total. The summed E-state index contributed by atoms with van der Waals surface area (Å²) in [5.41, 5.74) is 9.61. The van der Waals surface area contributed by atoms with E-state index < -0.39 is 35.6 Å². The Hall–Kier alpha value is -1.99. The van der Waals surface area contributed by atoms with Crippen LogP contribution in [-0.2, 0) is 10.3 Å². The van der Waals surface area contributed by atoms with Crippen LogP contribution in [-0.4, -0.2) is 18.3 Å². The van der Waals surface area contributed by atoms with Crippen LogP contribution >= 0.6 is 0 Å². The van der Waals surface area contributed by atoms with Gasteiger partial charge in [0.15, 0.2) is 0 Å². The topological polar surface area (TPSA) is 73.6 Å². The van der Waals surface area contributed by atoms with Crippen LogP contribution in [0.15, 0.2) is 23.2 Å². The number of nitrogen functional groups attached to an aromatic ring is 1. The van der Waals surface area contributed by atoms with Crippen LogP contribution in [0.2, 0.25) is 0 Å². The third kappa shape index (κ3) is 2.62. The Morgan fingerprint density at radius 1 is 1.29 bits per heavy atom. The van der Waals surface area contributed by atoms with Crippen LogP contribution in [0.5, 0.6) is 0 Å². The number of halogens is 4. The molecule has 1 heterocycles. The summed E-state index contributed by atoms with van der Waals surface area (Å²) in [6.07, 6.45) is -6.81. The first-order chi connectivity index (χ1) is 9.55. The van der Waals surface area contributed by atoms with Gasteiger partial charge in [-0.25, -0.2) is 9.38 Å². The number of rotatable bonds is 1. The Morgan fingerprint density at radius 3 is 2.48 bits per heavy atom. The summed E-state index contributed by atoms with van der Waals surface area (Å²) >= 11 is 0. The van der Waals surface area contributed by atoms with Crippen molar-refractivity contribution >= 4 is 11.7 Å². The van der Waals surface area contributed by atoms with Crippen LogP contribution in [0.1, 0.15) is 19.4 Å². The second kappa shape index (κ2) is 4.78. The van der Waals surface area contributed by atoms with E-state index in [1.54, 1.807) is 0 Å². The van der Waals surface area contributed by atoms with E-state index in [1.807, 2.05) is 0 Å². The highest BCUT2D eigenvalue weighted by Crippen LogP contribution is 2.45. The van der Waals surface area contributed by atoms with Gasteiger partial charge < -0.3 is 16.2 Å². The van der Waals surface area contributed by atoms with E-state index in [2.05, 4.69) is 9.73 Å². The van der Waals surface area contributed by atoms with Gasteiger partial charge in [-0.3, -0.25) is 0 Å². The fourth-order valence-electron chi connectivity index (χ4n) is 2.47. The molecule has 0 unspecified atom stereocenters. The van der Waals surface area contributed by atoms with Gasteiger partial charge in [-0.1, -0.05) is 6.92 Å². The molecule has 1 aromatic rings. The zero-order valence-corrected chi connectivity index (χ0v) is 11.4. The van der Waals surface area contributed by atoms with Gasteiger partial charge in [-0.2, -0.15) is 13.2 Å². The van der Waals surface area contributed by atoms with Crippen molar-refractivity contribution in [2.75, 3.05) is 5.73 Å². The summed E-state index contributed by atoms with van der Waals surface area (Å²) in [5.74, 6) is -1.88. The molecule has 1 aliphatic heterocycles. The third-order valence-corrected chi connectivity index (χ3v) is 3.79. The van der Waals surface area contributed by atoms with E-state index in [0.717, 1.165) is 6.07 Å². The molecule has 0 saturated carbocycles. The Balaban J connectivity index is 2.58. The second-order valence-corrected chi connectivity index (χ2v) is 5.21. The lowest BCUT2D eigenvalue weighted by Gasteiger charge is -2.41. The monoisotopic (exact) mass is 305 g/mol. The number of hydrogen-bond donors (Lipinski definition) is 2. The lowest BCUT2D eigenvalue weighted by atomic mass is 9.76. The van der Waals surface area contributed by atoms with Gasteiger partial charge in [-0.05, 0) is 25.1 Å². The zero-order valence-electron chi connectivity index (χ0n) is 11.4. The van der Waals surface area contributed by atoms with Crippen LogP contribution < -0.4 is 11.5 Å². The molecule has 0 amide bonds. The minimum absolute atomic E-state index is 0.0458. The third-order valence-electron chi connectivity index (χ3n) is 3.79. The number of nitrogens with zero attached hydrogens (tertiary/aromatic N) is 1. The van der Waals surface area contributed by atoms with Crippen molar-refractivity contribution in [2.45, 2.75) is 31.7 Å². The normalized spacial score (nSPS) is 29.7. The minimum Gasteiger partial charge on any atom is -0.452 e. The molecule has 0 spiro atoms. The SMILES string of the molecule is C[C@H]1[C@@H](C(F)(F)F)OC(N)=N[C@]1(C)c1cc(N)ccc1F. The maximum Gasteiger partial charge on any atom is 0.425 e. The average molecular weight is 305 g/mol. The Labute approximate surface area is 118 Å². The summed E-state index contributed by atoms with van der Waals surface area (Å²) in [6, 6.07) is 3.05. The van der Waals surface area contributed by atoms with Crippen LogP contribution in [0.25, 0.3) is 0 Å². The fraction of sp³-hybridized carbons (Fsp3) is 0.462.